The number of benzene rings is 3. The van der Waals surface area contributed by atoms with Gasteiger partial charge in [0.05, 0.1) is 11.2 Å². The number of halogens is 1. The van der Waals surface area contributed by atoms with E-state index in [1.54, 1.807) is 24.3 Å². The van der Waals surface area contributed by atoms with Gasteiger partial charge in [-0.1, -0.05) is 67.9 Å². The molecule has 0 atom stereocenters. The zero-order valence-corrected chi connectivity index (χ0v) is 20.7. The summed E-state index contributed by atoms with van der Waals surface area (Å²) in [6.45, 7) is 4.07. The Kier molecular flexibility index (Phi) is 7.80. The van der Waals surface area contributed by atoms with Gasteiger partial charge < -0.3 is 9.47 Å². The molecule has 0 aliphatic carbocycles. The number of nitrogens with one attached hydrogen (secondary N) is 1. The highest BCUT2D eigenvalue weighted by Crippen LogP contribution is 2.35. The van der Waals surface area contributed by atoms with E-state index in [4.69, 9.17) is 21.1 Å². The van der Waals surface area contributed by atoms with Crippen molar-refractivity contribution in [1.29, 1.82) is 0 Å². The number of carbonyl (C=O) groups excluding carboxylic acids is 2. The number of rotatable bonds is 8. The van der Waals surface area contributed by atoms with E-state index >= 15 is 0 Å². The summed E-state index contributed by atoms with van der Waals surface area (Å²) in [4.78, 5) is 25.0. The molecule has 4 aromatic rings. The fraction of sp³-hybridized carbons (Fsp3) is 0.148. The molecule has 6 nitrogen and oxygen atoms in total. The monoisotopic (exact) mass is 506 g/mol. The number of nitrogens with zero attached hydrogens (tertiary/aromatic N) is 1. The smallest absolute Gasteiger partial charge is 0.355 e. The summed E-state index contributed by atoms with van der Waals surface area (Å²) in [6.07, 6.45) is 1.46. The van der Waals surface area contributed by atoms with Crippen LogP contribution in [0.5, 0.6) is 11.5 Å². The van der Waals surface area contributed by atoms with Crippen molar-refractivity contribution < 1.29 is 19.1 Å². The number of esters is 1. The molecule has 1 amide bonds. The van der Waals surface area contributed by atoms with Gasteiger partial charge in [0.2, 0.25) is 0 Å². The second-order valence-corrected chi connectivity index (χ2v) is 9.44. The summed E-state index contributed by atoms with van der Waals surface area (Å²) in [7, 11) is 0. The number of amides is 1. The molecule has 4 rings (SSSR count). The number of hydrazone groups is 1. The summed E-state index contributed by atoms with van der Waals surface area (Å²) in [6, 6.07) is 22.0. The predicted octanol–water partition coefficient (Wildman–Crippen LogP) is 6.43. The maximum atomic E-state index is 12.7. The van der Waals surface area contributed by atoms with E-state index in [0.717, 1.165) is 10.1 Å². The predicted molar refractivity (Wildman–Crippen MR) is 140 cm³/mol. The third kappa shape index (κ3) is 6.26. The minimum Gasteiger partial charge on any atom is -0.484 e. The highest BCUT2D eigenvalue weighted by molar-refractivity contribution is 7.21. The van der Waals surface area contributed by atoms with Crippen LogP contribution in [0.15, 0.2) is 77.9 Å². The molecule has 0 fully saturated rings. The van der Waals surface area contributed by atoms with Crippen molar-refractivity contribution in [1.82, 2.24) is 5.43 Å². The number of hydrogen-bond acceptors (Lipinski definition) is 6. The van der Waals surface area contributed by atoms with Crippen LogP contribution in [-0.2, 0) is 4.79 Å². The van der Waals surface area contributed by atoms with Crippen molar-refractivity contribution in [2.24, 2.45) is 5.10 Å². The van der Waals surface area contributed by atoms with Crippen LogP contribution in [0.3, 0.4) is 0 Å². The van der Waals surface area contributed by atoms with Crippen LogP contribution in [0.4, 0.5) is 0 Å². The number of hydrogen-bond donors (Lipinski definition) is 1. The normalized spacial score (nSPS) is 11.2. The zero-order chi connectivity index (χ0) is 24.8. The Labute approximate surface area is 212 Å². The molecule has 3 aromatic carbocycles. The lowest BCUT2D eigenvalue weighted by Crippen LogP contribution is -2.24. The molecule has 0 saturated carbocycles. The number of ether oxygens (including phenoxy) is 2. The van der Waals surface area contributed by atoms with Crippen LogP contribution >= 0.6 is 22.9 Å². The van der Waals surface area contributed by atoms with Gasteiger partial charge >= 0.3 is 5.97 Å². The molecule has 1 heterocycles. The van der Waals surface area contributed by atoms with Crippen molar-refractivity contribution in [3.63, 3.8) is 0 Å². The zero-order valence-electron chi connectivity index (χ0n) is 19.2. The fourth-order valence-corrected chi connectivity index (χ4v) is 4.65. The highest BCUT2D eigenvalue weighted by atomic mass is 35.5. The minimum atomic E-state index is -0.530. The summed E-state index contributed by atoms with van der Waals surface area (Å²) < 4.78 is 11.9. The Balaban J connectivity index is 1.31. The van der Waals surface area contributed by atoms with Crippen molar-refractivity contribution in [2.45, 2.75) is 19.8 Å². The Morgan fingerprint density at radius 3 is 2.54 bits per heavy atom. The Morgan fingerprint density at radius 2 is 1.80 bits per heavy atom. The van der Waals surface area contributed by atoms with Gasteiger partial charge in [0.15, 0.2) is 6.61 Å². The van der Waals surface area contributed by atoms with Crippen molar-refractivity contribution in [2.75, 3.05) is 6.61 Å². The third-order valence-corrected chi connectivity index (χ3v) is 6.76. The molecule has 8 heteroatoms. The van der Waals surface area contributed by atoms with E-state index in [1.807, 2.05) is 48.5 Å². The summed E-state index contributed by atoms with van der Waals surface area (Å²) in [5.74, 6) is 0.458. The van der Waals surface area contributed by atoms with Crippen LogP contribution < -0.4 is 14.9 Å². The van der Waals surface area contributed by atoms with Gasteiger partial charge in [-0.25, -0.2) is 10.2 Å². The molecule has 1 N–H and O–H groups in total. The van der Waals surface area contributed by atoms with Gasteiger partial charge in [0.25, 0.3) is 5.91 Å². The topological polar surface area (TPSA) is 77.0 Å². The lowest BCUT2D eigenvalue weighted by molar-refractivity contribution is -0.123. The van der Waals surface area contributed by atoms with Crippen LogP contribution in [0.25, 0.3) is 10.1 Å². The minimum absolute atomic E-state index is 0.161. The van der Waals surface area contributed by atoms with Crippen LogP contribution in [-0.4, -0.2) is 24.7 Å². The fourth-order valence-electron chi connectivity index (χ4n) is 3.27. The number of carbonyl (C=O) groups is 2. The maximum Gasteiger partial charge on any atom is 0.355 e. The van der Waals surface area contributed by atoms with Crippen molar-refractivity contribution >= 4 is 51.1 Å². The van der Waals surface area contributed by atoms with Crippen LogP contribution in [0.2, 0.25) is 5.02 Å². The Bertz CT molecular complexity index is 1380. The van der Waals surface area contributed by atoms with Crippen LogP contribution in [0, 0.1) is 0 Å². The molecular formula is C27H23ClN2O4S. The first-order valence-corrected chi connectivity index (χ1v) is 12.1. The highest BCUT2D eigenvalue weighted by Gasteiger charge is 2.19. The van der Waals surface area contributed by atoms with E-state index < -0.39 is 11.9 Å². The van der Waals surface area contributed by atoms with Crippen molar-refractivity contribution in [3.05, 3.63) is 93.8 Å². The van der Waals surface area contributed by atoms with E-state index in [0.29, 0.717) is 32.9 Å². The second-order valence-electron chi connectivity index (χ2n) is 8.01. The molecule has 0 bridgehead atoms. The standard InChI is InChI=1S/C27H23ClN2O4S/c1-17(2)19-10-12-20(13-11-19)33-16-24(31)30-29-15-18-6-5-7-21(14-18)34-27(32)26-25(28)22-8-3-4-9-23(22)35-26/h3-15,17H,16H2,1-2H3,(H,30,31)/b29-15-. The molecule has 0 spiro atoms. The molecule has 178 valence electrons. The first-order chi connectivity index (χ1) is 16.9. The Hall–Kier alpha value is -3.68. The van der Waals surface area contributed by atoms with E-state index in [9.17, 15) is 9.59 Å². The SMILES string of the molecule is CC(C)c1ccc(OCC(=O)N/N=C\c2cccc(OC(=O)c3sc4ccccc4c3Cl)c2)cc1. The molecule has 35 heavy (non-hydrogen) atoms. The maximum absolute atomic E-state index is 12.7. The van der Waals surface area contributed by atoms with Gasteiger partial charge in [-0.2, -0.15) is 5.10 Å². The van der Waals surface area contributed by atoms with E-state index in [-0.39, 0.29) is 6.61 Å². The second kappa shape index (κ2) is 11.2. The molecule has 0 radical (unpaired) electrons. The largest absolute Gasteiger partial charge is 0.484 e. The van der Waals surface area contributed by atoms with Crippen LogP contribution in [0.1, 0.15) is 40.6 Å². The molecule has 0 unspecified atom stereocenters. The van der Waals surface area contributed by atoms with E-state index in [1.165, 1.54) is 23.1 Å². The summed E-state index contributed by atoms with van der Waals surface area (Å²) in [5.41, 5.74) is 4.26. The van der Waals surface area contributed by atoms with Gasteiger partial charge in [0, 0.05) is 10.1 Å². The third-order valence-electron chi connectivity index (χ3n) is 5.11. The lowest BCUT2D eigenvalue weighted by atomic mass is 10.0. The molecule has 1 aromatic heterocycles. The molecule has 0 aliphatic heterocycles. The molecule has 0 saturated heterocycles. The molecule has 0 aliphatic rings. The van der Waals surface area contributed by atoms with Crippen molar-refractivity contribution in [3.8, 4) is 11.5 Å². The van der Waals surface area contributed by atoms with Gasteiger partial charge in [-0.05, 0) is 47.4 Å². The average molecular weight is 507 g/mol. The molecular weight excluding hydrogens is 484 g/mol. The van der Waals surface area contributed by atoms with Gasteiger partial charge in [-0.3, -0.25) is 4.79 Å². The first kappa shape index (κ1) is 24.4. The Morgan fingerprint density at radius 1 is 1.03 bits per heavy atom. The lowest BCUT2D eigenvalue weighted by Gasteiger charge is -2.08. The number of thiophene rings is 1. The average Bonchev–Trinajstić information content (AvgIpc) is 3.20. The summed E-state index contributed by atoms with van der Waals surface area (Å²) in [5, 5.41) is 5.15. The number of fused-ring (bicyclic) bond motifs is 1. The van der Waals surface area contributed by atoms with Gasteiger partial charge in [0.1, 0.15) is 16.4 Å². The summed E-state index contributed by atoms with van der Waals surface area (Å²) >= 11 is 7.65. The van der Waals surface area contributed by atoms with E-state index in [2.05, 4.69) is 24.4 Å². The quantitative estimate of drug-likeness (QED) is 0.129. The van der Waals surface area contributed by atoms with Gasteiger partial charge in [-0.15, -0.1) is 11.3 Å². The first-order valence-electron chi connectivity index (χ1n) is 10.9.